The number of nitrogens with two attached hydrogens (primary N) is 1. The second-order valence-corrected chi connectivity index (χ2v) is 12.2. The average Bonchev–Trinajstić information content (AvgIpc) is 3.19. The molecule has 0 aliphatic carbocycles. The summed E-state index contributed by atoms with van der Waals surface area (Å²) in [6, 6.07) is 15.8. The Morgan fingerprint density at radius 2 is 1.74 bits per heavy atom. The maximum absolute atomic E-state index is 13.9. The van der Waals surface area contributed by atoms with Crippen LogP contribution in [0.4, 0.5) is 24.7 Å². The Balaban J connectivity index is 1.77. The number of amides is 1. The van der Waals surface area contributed by atoms with E-state index in [-0.39, 0.29) is 37.8 Å². The monoisotopic (exact) mass is 654 g/mol. The van der Waals surface area contributed by atoms with Gasteiger partial charge in [0.25, 0.3) is 5.91 Å². The third kappa shape index (κ3) is 5.85. The van der Waals surface area contributed by atoms with Crippen molar-refractivity contribution in [1.82, 2.24) is 9.55 Å². The summed E-state index contributed by atoms with van der Waals surface area (Å²) in [5.74, 6) is -0.299. The molecular weight excluding hydrogens is 632 g/mol. The molecular formula is C26H22F3IN4O3S. The highest BCUT2D eigenvalue weighted by Crippen LogP contribution is 2.39. The van der Waals surface area contributed by atoms with Gasteiger partial charge in [0.05, 0.1) is 34.0 Å². The third-order valence-electron chi connectivity index (χ3n) is 5.84. The van der Waals surface area contributed by atoms with Crippen LogP contribution in [0.1, 0.15) is 27.2 Å². The zero-order valence-electron chi connectivity index (χ0n) is 20.0. The third-order valence-corrected chi connectivity index (χ3v) is 9.58. The fraction of sp³-hybridized carbons (Fsp3) is 0.154. The van der Waals surface area contributed by atoms with E-state index in [4.69, 9.17) is 5.73 Å². The number of hydrogen-bond acceptors (Lipinski definition) is 5. The number of anilines is 2. The highest BCUT2D eigenvalue weighted by molar-refractivity contribution is 14.1. The number of sulfone groups is 1. The van der Waals surface area contributed by atoms with Crippen molar-refractivity contribution in [2.24, 2.45) is 0 Å². The summed E-state index contributed by atoms with van der Waals surface area (Å²) < 4.78 is 67.3. The maximum atomic E-state index is 13.9. The normalized spacial score (nSPS) is 11.9. The lowest BCUT2D eigenvalue weighted by Gasteiger charge is -2.16. The van der Waals surface area contributed by atoms with Crippen LogP contribution >= 0.6 is 22.6 Å². The Morgan fingerprint density at radius 3 is 2.37 bits per heavy atom. The lowest BCUT2D eigenvalue weighted by atomic mass is 10.00. The zero-order valence-corrected chi connectivity index (χ0v) is 22.9. The quantitative estimate of drug-likeness (QED) is 0.190. The van der Waals surface area contributed by atoms with Crippen LogP contribution in [0.15, 0.2) is 77.8 Å². The molecule has 0 aliphatic heterocycles. The van der Waals surface area contributed by atoms with Gasteiger partial charge in [-0.1, -0.05) is 46.9 Å². The first-order valence-corrected chi connectivity index (χ1v) is 14.4. The van der Waals surface area contributed by atoms with Crippen molar-refractivity contribution >= 4 is 49.8 Å². The molecule has 2 aromatic carbocycles. The summed E-state index contributed by atoms with van der Waals surface area (Å²) in [4.78, 5) is 17.6. The number of pyridine rings is 1. The fourth-order valence-corrected chi connectivity index (χ4v) is 5.83. The molecule has 0 atom stereocenters. The predicted molar refractivity (Wildman–Crippen MR) is 148 cm³/mol. The standard InChI is InChI=1S/C26H22F3IN4O3S/c1-16-21(25(35)33-17-9-11-19(12-10-17)38(36,37)15-30)14-34(13-18-5-4-8-23(31)32-18)24(16)20-6-2-3-7-22(20)26(27,28)29/h2-12,14H,13,15H2,1H3,(H2,31,32)(H,33,35). The van der Waals surface area contributed by atoms with Crippen molar-refractivity contribution in [3.63, 3.8) is 0 Å². The maximum Gasteiger partial charge on any atom is 0.417 e. The van der Waals surface area contributed by atoms with Crippen LogP contribution in [-0.2, 0) is 22.6 Å². The highest BCUT2D eigenvalue weighted by Gasteiger charge is 2.35. The van der Waals surface area contributed by atoms with E-state index >= 15 is 0 Å². The molecule has 3 N–H and O–H groups in total. The van der Waals surface area contributed by atoms with Crippen molar-refractivity contribution in [3.8, 4) is 11.3 Å². The number of halogens is 4. The van der Waals surface area contributed by atoms with E-state index in [1.807, 2.05) is 0 Å². The van der Waals surface area contributed by atoms with Crippen molar-refractivity contribution < 1.29 is 26.4 Å². The second-order valence-electron chi connectivity index (χ2n) is 8.44. The zero-order chi connectivity index (χ0) is 27.7. The summed E-state index contributed by atoms with van der Waals surface area (Å²) in [5.41, 5.74) is 6.44. The Morgan fingerprint density at radius 1 is 1.05 bits per heavy atom. The number of carbonyl (C=O) groups excluding carboxylic acids is 1. The summed E-state index contributed by atoms with van der Waals surface area (Å²) in [5, 5.41) is 2.70. The largest absolute Gasteiger partial charge is 0.417 e. The number of hydrogen-bond donors (Lipinski definition) is 2. The molecule has 0 unspecified atom stereocenters. The molecule has 0 fully saturated rings. The van der Waals surface area contributed by atoms with E-state index in [0.717, 1.165) is 6.07 Å². The highest BCUT2D eigenvalue weighted by atomic mass is 127. The van der Waals surface area contributed by atoms with Gasteiger partial charge in [0, 0.05) is 17.4 Å². The van der Waals surface area contributed by atoms with Crippen LogP contribution in [0.5, 0.6) is 0 Å². The first kappa shape index (κ1) is 27.6. The van der Waals surface area contributed by atoms with E-state index in [0.29, 0.717) is 16.9 Å². The number of nitrogens with one attached hydrogen (secondary N) is 1. The lowest BCUT2D eigenvalue weighted by molar-refractivity contribution is -0.137. The lowest BCUT2D eigenvalue weighted by Crippen LogP contribution is -2.12. The Labute approximate surface area is 231 Å². The van der Waals surface area contributed by atoms with E-state index in [1.54, 1.807) is 52.3 Å². The Hall–Kier alpha value is -3.39. The summed E-state index contributed by atoms with van der Waals surface area (Å²) in [6.07, 6.45) is -3.14. The van der Waals surface area contributed by atoms with Gasteiger partial charge in [0.1, 0.15) is 9.58 Å². The van der Waals surface area contributed by atoms with Gasteiger partial charge in [-0.3, -0.25) is 4.79 Å². The predicted octanol–water partition coefficient (Wildman–Crippen LogP) is 5.93. The summed E-state index contributed by atoms with van der Waals surface area (Å²) >= 11 is 1.76. The van der Waals surface area contributed by atoms with Gasteiger partial charge < -0.3 is 15.6 Å². The van der Waals surface area contributed by atoms with Crippen LogP contribution < -0.4 is 11.1 Å². The number of rotatable bonds is 7. The molecule has 38 heavy (non-hydrogen) atoms. The van der Waals surface area contributed by atoms with Crippen LogP contribution in [0.3, 0.4) is 0 Å². The number of carbonyl (C=O) groups is 1. The summed E-state index contributed by atoms with van der Waals surface area (Å²) in [7, 11) is -3.42. The van der Waals surface area contributed by atoms with E-state index in [2.05, 4.69) is 10.3 Å². The smallest absolute Gasteiger partial charge is 0.384 e. The topological polar surface area (TPSA) is 107 Å². The van der Waals surface area contributed by atoms with Gasteiger partial charge in [0.2, 0.25) is 0 Å². The molecule has 0 saturated heterocycles. The number of nitrogens with zero attached hydrogens (tertiary/aromatic N) is 2. The second kappa shape index (κ2) is 10.8. The van der Waals surface area contributed by atoms with Gasteiger partial charge in [-0.05, 0) is 55.0 Å². The van der Waals surface area contributed by atoms with Crippen LogP contribution in [0.25, 0.3) is 11.3 Å². The van der Waals surface area contributed by atoms with Crippen LogP contribution in [0.2, 0.25) is 0 Å². The summed E-state index contributed by atoms with van der Waals surface area (Å²) in [6.45, 7) is 1.65. The minimum atomic E-state index is -4.62. The molecule has 4 rings (SSSR count). The van der Waals surface area contributed by atoms with E-state index in [9.17, 15) is 26.4 Å². The molecule has 198 valence electrons. The van der Waals surface area contributed by atoms with Crippen LogP contribution in [-0.4, -0.2) is 27.6 Å². The van der Waals surface area contributed by atoms with Gasteiger partial charge in [-0.25, -0.2) is 13.4 Å². The van der Waals surface area contributed by atoms with Crippen LogP contribution in [0, 0.1) is 6.92 Å². The van der Waals surface area contributed by atoms with Crippen molar-refractivity contribution in [3.05, 3.63) is 95.3 Å². The molecule has 2 heterocycles. The van der Waals surface area contributed by atoms with Gasteiger partial charge in [-0.15, -0.1) is 0 Å². The molecule has 7 nitrogen and oxygen atoms in total. The number of benzene rings is 2. The molecule has 0 bridgehead atoms. The fourth-order valence-electron chi connectivity index (χ4n) is 4.08. The Kier molecular flexibility index (Phi) is 7.83. The van der Waals surface area contributed by atoms with Gasteiger partial charge >= 0.3 is 6.18 Å². The van der Waals surface area contributed by atoms with Crippen molar-refractivity contribution in [2.45, 2.75) is 24.5 Å². The van der Waals surface area contributed by atoms with Gasteiger partial charge in [0.15, 0.2) is 9.84 Å². The molecule has 0 radical (unpaired) electrons. The number of nitrogen functional groups attached to an aromatic ring is 1. The molecule has 0 spiro atoms. The molecule has 2 aromatic heterocycles. The minimum Gasteiger partial charge on any atom is -0.384 e. The number of aromatic nitrogens is 2. The van der Waals surface area contributed by atoms with E-state index in [1.165, 1.54) is 48.7 Å². The Bertz CT molecular complexity index is 1600. The SMILES string of the molecule is Cc1c(C(=O)Nc2ccc(S(=O)(=O)CI)cc2)cn(Cc2cccc(N)n2)c1-c1ccccc1C(F)(F)F. The molecule has 0 saturated carbocycles. The van der Waals surface area contributed by atoms with Crippen molar-refractivity contribution in [1.29, 1.82) is 0 Å². The van der Waals surface area contributed by atoms with Gasteiger partial charge in [-0.2, -0.15) is 13.2 Å². The molecule has 1 amide bonds. The first-order valence-electron chi connectivity index (χ1n) is 11.2. The average molecular weight is 654 g/mol. The van der Waals surface area contributed by atoms with E-state index < -0.39 is 27.5 Å². The molecule has 4 aromatic rings. The van der Waals surface area contributed by atoms with Crippen molar-refractivity contribution in [2.75, 3.05) is 14.8 Å². The molecule has 12 heteroatoms. The molecule has 0 aliphatic rings. The first-order chi connectivity index (χ1) is 17.9. The number of alkyl halides is 4. The minimum absolute atomic E-state index is 0.0730.